The number of aryl methyl sites for hydroxylation is 2. The van der Waals surface area contributed by atoms with Gasteiger partial charge in [-0.15, -0.1) is 0 Å². The molecule has 1 aliphatic carbocycles. The number of carbonyl (C=O) groups is 1. The average Bonchev–Trinajstić information content (AvgIpc) is 3.03. The average molecular weight is 405 g/mol. The van der Waals surface area contributed by atoms with Crippen molar-refractivity contribution in [3.63, 3.8) is 0 Å². The molecule has 3 aromatic rings. The van der Waals surface area contributed by atoms with Crippen molar-refractivity contribution in [2.75, 3.05) is 13.1 Å². The van der Waals surface area contributed by atoms with Crippen molar-refractivity contribution in [3.8, 4) is 17.0 Å². The fourth-order valence-electron chi connectivity index (χ4n) is 4.97. The Kier molecular flexibility index (Phi) is 4.20. The van der Waals surface area contributed by atoms with Crippen LogP contribution in [-0.2, 0) is 0 Å². The summed E-state index contributed by atoms with van der Waals surface area (Å²) in [6.07, 6.45) is 1.93. The smallest absolute Gasteiger partial charge is 0.257 e. The number of rotatable bonds is 3. The Morgan fingerprint density at radius 1 is 1.13 bits per heavy atom. The first kappa shape index (κ1) is 18.9. The van der Waals surface area contributed by atoms with E-state index >= 15 is 0 Å². The van der Waals surface area contributed by atoms with Crippen molar-refractivity contribution >= 4 is 5.91 Å². The van der Waals surface area contributed by atoms with E-state index in [1.54, 1.807) is 4.90 Å². The predicted octanol–water partition coefficient (Wildman–Crippen LogP) is 4.49. The number of phenols is 1. The number of likely N-dealkylation sites (tertiary alicyclic amines) is 1. The maximum Gasteiger partial charge on any atom is 0.257 e. The van der Waals surface area contributed by atoms with Gasteiger partial charge in [-0.3, -0.25) is 9.48 Å². The number of aromatic nitrogens is 2. The van der Waals surface area contributed by atoms with E-state index in [-0.39, 0.29) is 22.6 Å². The number of hydrogen-bond acceptors (Lipinski definition) is 3. The minimum Gasteiger partial charge on any atom is -0.508 e. The molecule has 1 saturated heterocycles. The Morgan fingerprint density at radius 2 is 1.87 bits per heavy atom. The molecule has 0 bridgehead atoms. The molecule has 0 atom stereocenters. The third-order valence-electron chi connectivity index (χ3n) is 6.55. The standard InChI is InChI=1S/C24H24FN3O2/c1-15-5-3-4-6-19(15)22-9-16(2)28(26-22)17-11-24(12-17)13-27(14-24)23(30)20-10-18(29)7-8-21(20)25/h3-10,17,29H,11-14H2,1-2H3. The monoisotopic (exact) mass is 405 g/mol. The normalized spacial score (nSPS) is 17.6. The summed E-state index contributed by atoms with van der Waals surface area (Å²) in [5.74, 6) is -1.05. The van der Waals surface area contributed by atoms with E-state index in [1.807, 2.05) is 12.1 Å². The van der Waals surface area contributed by atoms with Crippen LogP contribution in [0.25, 0.3) is 11.3 Å². The molecule has 2 fully saturated rings. The number of nitrogens with zero attached hydrogens (tertiary/aromatic N) is 3. The number of aromatic hydroxyl groups is 1. The molecule has 2 heterocycles. The Bertz CT molecular complexity index is 1140. The van der Waals surface area contributed by atoms with Crippen LogP contribution in [0.4, 0.5) is 4.39 Å². The van der Waals surface area contributed by atoms with Crippen molar-refractivity contribution in [1.29, 1.82) is 0 Å². The van der Waals surface area contributed by atoms with Gasteiger partial charge in [0.25, 0.3) is 5.91 Å². The number of phenolic OH excluding ortho intramolecular Hbond substituents is 1. The van der Waals surface area contributed by atoms with Crippen molar-refractivity contribution < 1.29 is 14.3 Å². The molecule has 2 aliphatic rings. The molecule has 0 radical (unpaired) electrons. The van der Waals surface area contributed by atoms with Gasteiger partial charge in [-0.25, -0.2) is 4.39 Å². The first-order chi connectivity index (χ1) is 14.3. The largest absolute Gasteiger partial charge is 0.508 e. The number of amides is 1. The second-order valence-corrected chi connectivity index (χ2v) is 8.82. The lowest BCUT2D eigenvalue weighted by atomic mass is 9.60. The van der Waals surface area contributed by atoms with Crippen LogP contribution in [0, 0.1) is 25.1 Å². The van der Waals surface area contributed by atoms with Gasteiger partial charge in [0, 0.05) is 29.8 Å². The van der Waals surface area contributed by atoms with E-state index < -0.39 is 5.82 Å². The highest BCUT2D eigenvalue weighted by atomic mass is 19.1. The summed E-state index contributed by atoms with van der Waals surface area (Å²) in [6.45, 7) is 5.43. The molecular formula is C24H24FN3O2. The molecule has 1 spiro atoms. The Labute approximate surface area is 174 Å². The molecule has 5 nitrogen and oxygen atoms in total. The summed E-state index contributed by atoms with van der Waals surface area (Å²) in [5.41, 5.74) is 4.54. The van der Waals surface area contributed by atoms with Crippen LogP contribution in [-0.4, -0.2) is 38.8 Å². The van der Waals surface area contributed by atoms with Gasteiger partial charge in [-0.1, -0.05) is 24.3 Å². The molecule has 1 N–H and O–H groups in total. The third-order valence-corrected chi connectivity index (χ3v) is 6.55. The minimum atomic E-state index is -0.596. The maximum absolute atomic E-state index is 14.0. The van der Waals surface area contributed by atoms with Gasteiger partial charge in [0.1, 0.15) is 11.6 Å². The molecule has 30 heavy (non-hydrogen) atoms. The van der Waals surface area contributed by atoms with Crippen molar-refractivity contribution in [2.24, 2.45) is 5.41 Å². The van der Waals surface area contributed by atoms with Gasteiger partial charge in [-0.05, 0) is 56.5 Å². The van der Waals surface area contributed by atoms with E-state index in [1.165, 1.54) is 17.7 Å². The zero-order valence-electron chi connectivity index (χ0n) is 17.1. The van der Waals surface area contributed by atoms with E-state index in [0.717, 1.165) is 35.9 Å². The zero-order valence-corrected chi connectivity index (χ0v) is 17.1. The maximum atomic E-state index is 14.0. The minimum absolute atomic E-state index is 0.0634. The van der Waals surface area contributed by atoms with Gasteiger partial charge in [0.05, 0.1) is 17.3 Å². The van der Waals surface area contributed by atoms with Crippen LogP contribution in [0.2, 0.25) is 0 Å². The van der Waals surface area contributed by atoms with Crippen LogP contribution >= 0.6 is 0 Å². The summed E-state index contributed by atoms with van der Waals surface area (Å²) in [7, 11) is 0. The molecule has 1 aliphatic heterocycles. The highest BCUT2D eigenvalue weighted by Crippen LogP contribution is 2.54. The van der Waals surface area contributed by atoms with Crippen molar-refractivity contribution in [2.45, 2.75) is 32.7 Å². The number of halogens is 1. The predicted molar refractivity (Wildman–Crippen MR) is 112 cm³/mol. The summed E-state index contributed by atoms with van der Waals surface area (Å²) in [4.78, 5) is 14.3. The molecule has 1 saturated carbocycles. The fourth-order valence-corrected chi connectivity index (χ4v) is 4.97. The third kappa shape index (κ3) is 2.98. The van der Waals surface area contributed by atoms with Gasteiger partial charge in [0.15, 0.2) is 0 Å². The van der Waals surface area contributed by atoms with E-state index in [2.05, 4.69) is 36.7 Å². The quantitative estimate of drug-likeness (QED) is 0.699. The van der Waals surface area contributed by atoms with E-state index in [4.69, 9.17) is 5.10 Å². The van der Waals surface area contributed by atoms with Gasteiger partial charge < -0.3 is 10.0 Å². The SMILES string of the molecule is Cc1ccccc1-c1cc(C)n(C2CC3(C2)CN(C(=O)c2cc(O)ccc2F)C3)n1. The van der Waals surface area contributed by atoms with Gasteiger partial charge in [-0.2, -0.15) is 5.10 Å². The molecular weight excluding hydrogens is 381 g/mol. The first-order valence-corrected chi connectivity index (χ1v) is 10.3. The van der Waals surface area contributed by atoms with Crippen LogP contribution in [0.3, 0.4) is 0 Å². The molecule has 154 valence electrons. The summed E-state index contributed by atoms with van der Waals surface area (Å²) >= 11 is 0. The highest BCUT2D eigenvalue weighted by molar-refractivity contribution is 5.95. The van der Waals surface area contributed by atoms with Crippen molar-refractivity contribution in [3.05, 3.63) is 71.2 Å². The molecule has 6 heteroatoms. The lowest BCUT2D eigenvalue weighted by molar-refractivity contribution is -0.0743. The number of benzene rings is 2. The van der Waals surface area contributed by atoms with Gasteiger partial charge >= 0.3 is 0 Å². The second-order valence-electron chi connectivity index (χ2n) is 8.82. The van der Waals surface area contributed by atoms with Crippen LogP contribution < -0.4 is 0 Å². The Morgan fingerprint density at radius 3 is 2.60 bits per heavy atom. The molecule has 2 aromatic carbocycles. The summed E-state index contributed by atoms with van der Waals surface area (Å²) in [6, 6.07) is 14.3. The Balaban J connectivity index is 1.25. The van der Waals surface area contributed by atoms with Crippen molar-refractivity contribution in [1.82, 2.24) is 14.7 Å². The fraction of sp³-hybridized carbons (Fsp3) is 0.333. The molecule has 1 aromatic heterocycles. The number of carbonyl (C=O) groups excluding carboxylic acids is 1. The Hall–Kier alpha value is -3.15. The summed E-state index contributed by atoms with van der Waals surface area (Å²) in [5, 5.41) is 14.4. The number of hydrogen-bond donors (Lipinski definition) is 1. The first-order valence-electron chi connectivity index (χ1n) is 10.3. The van der Waals surface area contributed by atoms with Crippen LogP contribution in [0.15, 0.2) is 48.5 Å². The van der Waals surface area contributed by atoms with Gasteiger partial charge in [0.2, 0.25) is 0 Å². The molecule has 1 amide bonds. The van der Waals surface area contributed by atoms with E-state index in [0.29, 0.717) is 19.1 Å². The van der Waals surface area contributed by atoms with E-state index in [9.17, 15) is 14.3 Å². The topological polar surface area (TPSA) is 58.4 Å². The second kappa shape index (κ2) is 6.69. The lowest BCUT2D eigenvalue weighted by Crippen LogP contribution is -2.64. The van der Waals surface area contributed by atoms with Crippen LogP contribution in [0.1, 0.15) is 40.5 Å². The molecule has 5 rings (SSSR count). The highest BCUT2D eigenvalue weighted by Gasteiger charge is 2.54. The summed E-state index contributed by atoms with van der Waals surface area (Å²) < 4.78 is 16.1. The lowest BCUT2D eigenvalue weighted by Gasteiger charge is -2.59. The van der Waals surface area contributed by atoms with Crippen LogP contribution in [0.5, 0.6) is 5.75 Å². The zero-order chi connectivity index (χ0) is 21.0. The molecule has 0 unspecified atom stereocenters.